The lowest BCUT2D eigenvalue weighted by molar-refractivity contribution is 0.238. The minimum Gasteiger partial charge on any atom is -0.396 e. The molecule has 1 aromatic carbocycles. The van der Waals surface area contributed by atoms with E-state index in [0.29, 0.717) is 11.1 Å². The third kappa shape index (κ3) is 2.45. The molecule has 3 nitrogen and oxygen atoms in total. The second kappa shape index (κ2) is 5.27. The van der Waals surface area contributed by atoms with Crippen LogP contribution in [0, 0.1) is 5.92 Å². The van der Waals surface area contributed by atoms with Crippen molar-refractivity contribution in [1.82, 2.24) is 4.98 Å². The van der Waals surface area contributed by atoms with Crippen LogP contribution in [0.2, 0.25) is 5.15 Å². The van der Waals surface area contributed by atoms with Crippen LogP contribution in [0.25, 0.3) is 10.8 Å². The van der Waals surface area contributed by atoms with Crippen LogP contribution < -0.4 is 4.90 Å². The lowest BCUT2D eigenvalue weighted by atomic mass is 10.1. The highest BCUT2D eigenvalue weighted by Crippen LogP contribution is 2.35. The monoisotopic (exact) mass is 340 g/mol. The molecule has 0 spiro atoms. The van der Waals surface area contributed by atoms with Crippen LogP contribution in [0.15, 0.2) is 28.7 Å². The van der Waals surface area contributed by atoms with Crippen molar-refractivity contribution in [3.05, 3.63) is 33.9 Å². The zero-order valence-electron chi connectivity index (χ0n) is 10.3. The van der Waals surface area contributed by atoms with Gasteiger partial charge in [-0.3, -0.25) is 0 Å². The molecule has 1 aromatic heterocycles. The average molecular weight is 342 g/mol. The minimum atomic E-state index is 0.232. The van der Waals surface area contributed by atoms with Crippen LogP contribution in [-0.4, -0.2) is 29.8 Å². The quantitative estimate of drug-likeness (QED) is 0.850. The van der Waals surface area contributed by atoms with Crippen molar-refractivity contribution in [2.24, 2.45) is 5.92 Å². The normalized spacial score (nSPS) is 19.3. The summed E-state index contributed by atoms with van der Waals surface area (Å²) in [5.41, 5.74) is 0. The Kier molecular flexibility index (Phi) is 3.65. The summed E-state index contributed by atoms with van der Waals surface area (Å²) in [6.07, 6.45) is 0.997. The van der Waals surface area contributed by atoms with Gasteiger partial charge in [-0.2, -0.15) is 0 Å². The summed E-state index contributed by atoms with van der Waals surface area (Å²) in [6, 6.07) is 7.93. The zero-order valence-corrected chi connectivity index (χ0v) is 12.7. The Morgan fingerprint density at radius 2 is 2.32 bits per heavy atom. The molecule has 1 fully saturated rings. The highest BCUT2D eigenvalue weighted by atomic mass is 79.9. The Morgan fingerprint density at radius 3 is 3.05 bits per heavy atom. The van der Waals surface area contributed by atoms with Crippen LogP contribution in [0.4, 0.5) is 5.82 Å². The van der Waals surface area contributed by atoms with Crippen molar-refractivity contribution in [1.29, 1.82) is 0 Å². The summed E-state index contributed by atoms with van der Waals surface area (Å²) < 4.78 is 1.02. The third-order valence-electron chi connectivity index (χ3n) is 3.60. The number of hydrogen-bond acceptors (Lipinski definition) is 3. The van der Waals surface area contributed by atoms with Crippen molar-refractivity contribution in [2.45, 2.75) is 6.42 Å². The maximum atomic E-state index is 9.27. The Morgan fingerprint density at radius 1 is 1.47 bits per heavy atom. The molecule has 1 unspecified atom stereocenters. The molecule has 3 rings (SSSR count). The maximum Gasteiger partial charge on any atom is 0.139 e. The summed E-state index contributed by atoms with van der Waals surface area (Å²) in [5, 5.41) is 11.9. The molecular weight excluding hydrogens is 328 g/mol. The van der Waals surface area contributed by atoms with Crippen LogP contribution in [0.5, 0.6) is 0 Å². The van der Waals surface area contributed by atoms with Gasteiger partial charge in [-0.15, -0.1) is 0 Å². The molecule has 1 aliphatic rings. The number of fused-ring (bicyclic) bond motifs is 1. The van der Waals surface area contributed by atoms with E-state index in [1.54, 1.807) is 0 Å². The van der Waals surface area contributed by atoms with Gasteiger partial charge in [0.25, 0.3) is 0 Å². The molecule has 2 heterocycles. The van der Waals surface area contributed by atoms with E-state index in [9.17, 15) is 5.11 Å². The fraction of sp³-hybridized carbons (Fsp3) is 0.357. The van der Waals surface area contributed by atoms with Gasteiger partial charge in [0.15, 0.2) is 0 Å². The first kappa shape index (κ1) is 13.2. The SMILES string of the molecule is OCC1CCN(c2nc(Cl)cc3cccc(Br)c23)C1. The lowest BCUT2D eigenvalue weighted by Crippen LogP contribution is -2.22. The summed E-state index contributed by atoms with van der Waals surface area (Å²) in [7, 11) is 0. The van der Waals surface area contributed by atoms with E-state index in [2.05, 4.69) is 25.8 Å². The van der Waals surface area contributed by atoms with E-state index in [1.807, 2.05) is 24.3 Å². The summed E-state index contributed by atoms with van der Waals surface area (Å²) >= 11 is 9.71. The highest BCUT2D eigenvalue weighted by Gasteiger charge is 2.25. The second-order valence-electron chi connectivity index (χ2n) is 4.89. The average Bonchev–Trinajstić information content (AvgIpc) is 2.86. The van der Waals surface area contributed by atoms with E-state index in [-0.39, 0.29) is 6.61 Å². The maximum absolute atomic E-state index is 9.27. The van der Waals surface area contributed by atoms with Gasteiger partial charge in [0.1, 0.15) is 11.0 Å². The first-order valence-electron chi connectivity index (χ1n) is 6.29. The van der Waals surface area contributed by atoms with Gasteiger partial charge in [0.05, 0.1) is 0 Å². The molecule has 1 atom stereocenters. The number of benzene rings is 1. The Hall–Kier alpha value is -0.840. The molecule has 0 bridgehead atoms. The van der Waals surface area contributed by atoms with Gasteiger partial charge in [0, 0.05) is 35.5 Å². The predicted octanol–water partition coefficient (Wildman–Crippen LogP) is 3.47. The van der Waals surface area contributed by atoms with Crippen molar-refractivity contribution >= 4 is 44.1 Å². The molecule has 0 saturated carbocycles. The van der Waals surface area contributed by atoms with E-state index >= 15 is 0 Å². The predicted molar refractivity (Wildman–Crippen MR) is 81.9 cm³/mol. The van der Waals surface area contributed by atoms with Gasteiger partial charge in [-0.1, -0.05) is 39.7 Å². The van der Waals surface area contributed by atoms with Crippen LogP contribution >= 0.6 is 27.5 Å². The van der Waals surface area contributed by atoms with E-state index < -0.39 is 0 Å². The number of nitrogens with zero attached hydrogens (tertiary/aromatic N) is 2. The Labute approximate surface area is 125 Å². The van der Waals surface area contributed by atoms with Crippen molar-refractivity contribution in [3.8, 4) is 0 Å². The largest absolute Gasteiger partial charge is 0.396 e. The molecule has 0 radical (unpaired) electrons. The number of anilines is 1. The number of aliphatic hydroxyl groups excluding tert-OH is 1. The molecule has 1 aliphatic heterocycles. The second-order valence-corrected chi connectivity index (χ2v) is 6.13. The molecule has 0 amide bonds. The van der Waals surface area contributed by atoms with Crippen molar-refractivity contribution in [2.75, 3.05) is 24.6 Å². The first-order valence-corrected chi connectivity index (χ1v) is 7.46. The highest BCUT2D eigenvalue weighted by molar-refractivity contribution is 9.10. The number of aliphatic hydroxyl groups is 1. The number of rotatable bonds is 2. The molecule has 0 aliphatic carbocycles. The first-order chi connectivity index (χ1) is 9.19. The van der Waals surface area contributed by atoms with Crippen LogP contribution in [0.1, 0.15) is 6.42 Å². The van der Waals surface area contributed by atoms with Gasteiger partial charge in [0.2, 0.25) is 0 Å². The van der Waals surface area contributed by atoms with E-state index in [1.165, 1.54) is 0 Å². The Bertz CT molecular complexity index is 620. The fourth-order valence-electron chi connectivity index (χ4n) is 2.62. The van der Waals surface area contributed by atoms with Crippen LogP contribution in [-0.2, 0) is 0 Å². The third-order valence-corrected chi connectivity index (χ3v) is 4.45. The topological polar surface area (TPSA) is 36.4 Å². The molecule has 2 aromatic rings. The molecule has 1 N–H and O–H groups in total. The fourth-order valence-corrected chi connectivity index (χ4v) is 3.37. The van der Waals surface area contributed by atoms with Gasteiger partial charge >= 0.3 is 0 Å². The standard InChI is InChI=1S/C14H14BrClN2O/c15-11-3-1-2-10-6-12(16)17-14(13(10)11)18-5-4-9(7-18)8-19/h1-3,6,9,19H,4-5,7-8H2. The van der Waals surface area contributed by atoms with Gasteiger partial charge < -0.3 is 10.0 Å². The molecular formula is C14H14BrClN2O. The number of hydrogen-bond donors (Lipinski definition) is 1. The van der Waals surface area contributed by atoms with Gasteiger partial charge in [-0.05, 0) is 23.9 Å². The summed E-state index contributed by atoms with van der Waals surface area (Å²) in [4.78, 5) is 6.70. The van der Waals surface area contributed by atoms with E-state index in [0.717, 1.165) is 40.6 Å². The zero-order chi connectivity index (χ0) is 13.4. The van der Waals surface area contributed by atoms with Gasteiger partial charge in [-0.25, -0.2) is 4.98 Å². The van der Waals surface area contributed by atoms with Crippen LogP contribution in [0.3, 0.4) is 0 Å². The molecule has 100 valence electrons. The number of aromatic nitrogens is 1. The minimum absolute atomic E-state index is 0.232. The number of pyridine rings is 1. The van der Waals surface area contributed by atoms with Crippen molar-refractivity contribution < 1.29 is 5.11 Å². The molecule has 5 heteroatoms. The summed E-state index contributed by atoms with van der Waals surface area (Å²) in [6.45, 7) is 1.98. The smallest absolute Gasteiger partial charge is 0.139 e. The molecule has 1 saturated heterocycles. The van der Waals surface area contributed by atoms with Crippen molar-refractivity contribution in [3.63, 3.8) is 0 Å². The summed E-state index contributed by atoms with van der Waals surface area (Å²) in [5.74, 6) is 1.24. The Balaban J connectivity index is 2.12. The lowest BCUT2D eigenvalue weighted by Gasteiger charge is -2.20. The van der Waals surface area contributed by atoms with E-state index in [4.69, 9.17) is 11.6 Å². The number of halogens is 2. The molecule has 19 heavy (non-hydrogen) atoms.